The predicted molar refractivity (Wildman–Crippen MR) is 121 cm³/mol. The van der Waals surface area contributed by atoms with Gasteiger partial charge in [0.05, 0.1) is 10.4 Å². The summed E-state index contributed by atoms with van der Waals surface area (Å²) in [6.45, 7) is 2.73. The van der Waals surface area contributed by atoms with Crippen LogP contribution in [0.25, 0.3) is 0 Å². The van der Waals surface area contributed by atoms with E-state index in [-0.39, 0.29) is 17.9 Å². The van der Waals surface area contributed by atoms with Crippen LogP contribution < -0.4 is 15.4 Å². The van der Waals surface area contributed by atoms with Crippen LogP contribution in [0.2, 0.25) is 10.0 Å². The summed E-state index contributed by atoms with van der Waals surface area (Å²) in [6.07, 6.45) is 5.99. The minimum atomic E-state index is -0.633. The van der Waals surface area contributed by atoms with Crippen molar-refractivity contribution in [3.63, 3.8) is 0 Å². The smallest absolute Gasteiger partial charge is 0.251 e. The van der Waals surface area contributed by atoms with E-state index in [4.69, 9.17) is 27.9 Å². The fourth-order valence-electron chi connectivity index (χ4n) is 4.38. The topological polar surface area (TPSA) is 80.3 Å². The van der Waals surface area contributed by atoms with E-state index in [9.17, 15) is 9.59 Å². The molecule has 1 saturated carbocycles. The summed E-state index contributed by atoms with van der Waals surface area (Å²) in [5, 5.41) is 6.76. The number of nitrogens with zero attached hydrogens (tertiary/aromatic N) is 1. The summed E-state index contributed by atoms with van der Waals surface area (Å²) in [6, 6.07) is 7.07. The molecule has 4 rings (SSSR count). The zero-order valence-corrected chi connectivity index (χ0v) is 18.9. The number of halogens is 2. The summed E-state index contributed by atoms with van der Waals surface area (Å²) in [5.74, 6) is 0.243. The third kappa shape index (κ3) is 4.37. The second-order valence-electron chi connectivity index (χ2n) is 8.16. The Hall–Kier alpha value is -2.31. The van der Waals surface area contributed by atoms with E-state index in [0.29, 0.717) is 53.7 Å². The number of carbonyl (C=O) groups is 2. The Morgan fingerprint density at radius 1 is 1.29 bits per heavy atom. The predicted octanol–water partition coefficient (Wildman–Crippen LogP) is 5.13. The first-order valence-corrected chi connectivity index (χ1v) is 11.4. The second-order valence-corrected chi connectivity index (χ2v) is 9.01. The van der Waals surface area contributed by atoms with E-state index in [0.717, 1.165) is 24.1 Å². The van der Waals surface area contributed by atoms with Crippen LogP contribution in [0.15, 0.2) is 30.5 Å². The van der Waals surface area contributed by atoms with Crippen LogP contribution in [0.1, 0.15) is 61.4 Å². The van der Waals surface area contributed by atoms with E-state index in [2.05, 4.69) is 22.5 Å². The molecule has 1 spiro atoms. The average molecular weight is 462 g/mol. The number of ether oxygens (including phenoxy) is 1. The summed E-state index contributed by atoms with van der Waals surface area (Å²) < 4.78 is 5.99. The van der Waals surface area contributed by atoms with Crippen LogP contribution in [0.5, 0.6) is 5.88 Å². The molecule has 0 atom stereocenters. The molecule has 0 bridgehead atoms. The minimum absolute atomic E-state index is 0.00728. The Morgan fingerprint density at radius 3 is 2.77 bits per heavy atom. The molecule has 6 nitrogen and oxygen atoms in total. The lowest BCUT2D eigenvalue weighted by Gasteiger charge is -2.35. The quantitative estimate of drug-likeness (QED) is 0.584. The standard InChI is InChI=1S/C23H25Cl2N3O3/c1-2-3-10-26-20(29)14-4-5-19-17(11-14)23(22(30)28-19)8-6-16(7-9-23)31-21-18(25)12-15(24)13-27-21/h4-5,11-13,16H,2-3,6-10H2,1H3,(H,26,29)(H,28,30). The van der Waals surface area contributed by atoms with Gasteiger partial charge in [0, 0.05) is 24.0 Å². The van der Waals surface area contributed by atoms with Crippen molar-refractivity contribution < 1.29 is 14.3 Å². The van der Waals surface area contributed by atoms with Crippen molar-refractivity contribution in [1.29, 1.82) is 0 Å². The molecule has 2 aliphatic rings. The molecule has 1 aliphatic carbocycles. The molecule has 31 heavy (non-hydrogen) atoms. The summed E-state index contributed by atoms with van der Waals surface area (Å²) in [5.41, 5.74) is 1.64. The molecule has 0 radical (unpaired) electrons. The SMILES string of the molecule is CCCCNC(=O)c1ccc2c(c1)C1(CCC(Oc3ncc(Cl)cc3Cl)CC1)C(=O)N2. The normalized spacial score (nSPS) is 22.2. The third-order valence-electron chi connectivity index (χ3n) is 6.13. The van der Waals surface area contributed by atoms with Gasteiger partial charge in [-0.2, -0.15) is 0 Å². The monoisotopic (exact) mass is 461 g/mol. The van der Waals surface area contributed by atoms with Gasteiger partial charge in [0.2, 0.25) is 11.8 Å². The Bertz CT molecular complexity index is 1000. The number of fused-ring (bicyclic) bond motifs is 2. The first-order valence-electron chi connectivity index (χ1n) is 10.6. The zero-order valence-electron chi connectivity index (χ0n) is 17.3. The van der Waals surface area contributed by atoms with Gasteiger partial charge in [-0.25, -0.2) is 4.98 Å². The van der Waals surface area contributed by atoms with Crippen LogP contribution in [-0.4, -0.2) is 29.4 Å². The highest BCUT2D eigenvalue weighted by atomic mass is 35.5. The first kappa shape index (κ1) is 21.9. The fraction of sp³-hybridized carbons (Fsp3) is 0.435. The highest BCUT2D eigenvalue weighted by Crippen LogP contribution is 2.48. The first-order chi connectivity index (χ1) is 14.9. The fourth-order valence-corrected chi connectivity index (χ4v) is 4.81. The number of rotatable bonds is 6. The average Bonchev–Trinajstić information content (AvgIpc) is 3.02. The van der Waals surface area contributed by atoms with Gasteiger partial charge in [0.1, 0.15) is 11.1 Å². The van der Waals surface area contributed by atoms with Gasteiger partial charge >= 0.3 is 0 Å². The van der Waals surface area contributed by atoms with Crippen molar-refractivity contribution in [3.05, 3.63) is 51.6 Å². The molecule has 2 N–H and O–H groups in total. The molecule has 1 fully saturated rings. The number of nitrogens with one attached hydrogen (secondary N) is 2. The number of amides is 2. The van der Waals surface area contributed by atoms with Crippen molar-refractivity contribution in [2.24, 2.45) is 0 Å². The van der Waals surface area contributed by atoms with Crippen molar-refractivity contribution >= 4 is 40.7 Å². The van der Waals surface area contributed by atoms with Crippen molar-refractivity contribution in [2.75, 3.05) is 11.9 Å². The van der Waals surface area contributed by atoms with Crippen LogP contribution in [0, 0.1) is 0 Å². The zero-order chi connectivity index (χ0) is 22.0. The lowest BCUT2D eigenvalue weighted by molar-refractivity contribution is -0.122. The van der Waals surface area contributed by atoms with Crippen molar-refractivity contribution in [2.45, 2.75) is 57.0 Å². The Kier molecular flexibility index (Phi) is 6.39. The van der Waals surface area contributed by atoms with Crippen LogP contribution in [0.3, 0.4) is 0 Å². The highest BCUT2D eigenvalue weighted by molar-refractivity contribution is 6.35. The van der Waals surface area contributed by atoms with Crippen molar-refractivity contribution in [1.82, 2.24) is 10.3 Å². The lowest BCUT2D eigenvalue weighted by atomic mass is 9.69. The number of hydrogen-bond donors (Lipinski definition) is 2. The molecule has 1 aromatic heterocycles. The van der Waals surface area contributed by atoms with Gasteiger partial charge in [-0.3, -0.25) is 9.59 Å². The number of unbranched alkanes of at least 4 members (excludes halogenated alkanes) is 1. The second kappa shape index (κ2) is 9.05. The number of aromatic nitrogens is 1. The number of pyridine rings is 1. The maximum Gasteiger partial charge on any atom is 0.251 e. The van der Waals surface area contributed by atoms with E-state index in [1.165, 1.54) is 6.20 Å². The molecule has 1 aromatic carbocycles. The number of anilines is 1. The Labute approximate surface area is 191 Å². The van der Waals surface area contributed by atoms with E-state index in [1.807, 2.05) is 12.1 Å². The minimum Gasteiger partial charge on any atom is -0.473 e. The van der Waals surface area contributed by atoms with E-state index < -0.39 is 5.41 Å². The van der Waals surface area contributed by atoms with Gasteiger partial charge in [-0.15, -0.1) is 0 Å². The number of carbonyl (C=O) groups excluding carboxylic acids is 2. The van der Waals surface area contributed by atoms with Gasteiger partial charge in [-0.1, -0.05) is 36.5 Å². The third-order valence-corrected chi connectivity index (χ3v) is 6.61. The molecule has 8 heteroatoms. The van der Waals surface area contributed by atoms with Crippen LogP contribution in [0.4, 0.5) is 5.69 Å². The molecular weight excluding hydrogens is 437 g/mol. The molecule has 2 heterocycles. The molecule has 1 aliphatic heterocycles. The summed E-state index contributed by atoms with van der Waals surface area (Å²) in [7, 11) is 0. The van der Waals surface area contributed by atoms with Gasteiger partial charge in [-0.05, 0) is 61.9 Å². The molecule has 2 amide bonds. The largest absolute Gasteiger partial charge is 0.473 e. The van der Waals surface area contributed by atoms with Crippen LogP contribution in [-0.2, 0) is 10.2 Å². The summed E-state index contributed by atoms with van der Waals surface area (Å²) >= 11 is 12.1. The maximum absolute atomic E-state index is 13.0. The van der Waals surface area contributed by atoms with Gasteiger partial charge < -0.3 is 15.4 Å². The van der Waals surface area contributed by atoms with Crippen LogP contribution >= 0.6 is 23.2 Å². The van der Waals surface area contributed by atoms with E-state index in [1.54, 1.807) is 12.1 Å². The molecule has 2 aromatic rings. The highest BCUT2D eigenvalue weighted by Gasteiger charge is 2.49. The molecule has 0 saturated heterocycles. The number of hydrogen-bond acceptors (Lipinski definition) is 4. The molecule has 164 valence electrons. The Balaban J connectivity index is 1.48. The van der Waals surface area contributed by atoms with Crippen molar-refractivity contribution in [3.8, 4) is 5.88 Å². The maximum atomic E-state index is 13.0. The van der Waals surface area contributed by atoms with Gasteiger partial charge in [0.25, 0.3) is 5.91 Å². The number of benzene rings is 1. The van der Waals surface area contributed by atoms with E-state index >= 15 is 0 Å². The molecular formula is C23H25Cl2N3O3. The summed E-state index contributed by atoms with van der Waals surface area (Å²) in [4.78, 5) is 29.6. The van der Waals surface area contributed by atoms with Gasteiger partial charge in [0.15, 0.2) is 0 Å². The lowest BCUT2D eigenvalue weighted by Crippen LogP contribution is -2.41. The Morgan fingerprint density at radius 2 is 2.06 bits per heavy atom. The molecule has 0 unspecified atom stereocenters.